The van der Waals surface area contributed by atoms with Crippen LogP contribution in [0.5, 0.6) is 5.75 Å². The van der Waals surface area contributed by atoms with E-state index >= 15 is 0 Å². The highest BCUT2D eigenvalue weighted by molar-refractivity contribution is 5.93. The fraction of sp³-hybridized carbons (Fsp3) is 0.300. The van der Waals surface area contributed by atoms with Crippen molar-refractivity contribution in [1.82, 2.24) is 0 Å². The Morgan fingerprint density at radius 3 is 1.73 bits per heavy atom. The van der Waals surface area contributed by atoms with Gasteiger partial charge in [-0.25, -0.2) is 0 Å². The van der Waals surface area contributed by atoms with Crippen LogP contribution in [0.4, 0.5) is 11.4 Å². The number of hydrogen-bond acceptors (Lipinski definition) is 4. The molecule has 0 aliphatic heterocycles. The first-order chi connectivity index (χ1) is 12.5. The molecule has 2 rings (SSSR count). The smallest absolute Gasteiger partial charge is 0.250 e. The summed E-state index contributed by atoms with van der Waals surface area (Å²) in [4.78, 5) is 23.7. The lowest BCUT2D eigenvalue weighted by atomic mass is 10.0. The Balaban J connectivity index is 1.70. The van der Waals surface area contributed by atoms with E-state index in [1.54, 1.807) is 31.4 Å². The normalized spacial score (nSPS) is 10.5. The van der Waals surface area contributed by atoms with Gasteiger partial charge in [-0.3, -0.25) is 9.59 Å². The molecule has 0 spiro atoms. The number of methoxy groups -OCH3 is 1. The van der Waals surface area contributed by atoms with Crippen molar-refractivity contribution >= 4 is 23.2 Å². The Morgan fingerprint density at radius 1 is 0.846 bits per heavy atom. The second-order valence-electron chi connectivity index (χ2n) is 6.09. The van der Waals surface area contributed by atoms with Crippen LogP contribution in [0.15, 0.2) is 48.5 Å². The molecule has 0 unspecified atom stereocenters. The van der Waals surface area contributed by atoms with Crippen molar-refractivity contribution in [3.05, 3.63) is 54.1 Å². The topological polar surface area (TPSA) is 76.7 Å². The first-order valence-corrected chi connectivity index (χ1v) is 8.39. The molecule has 0 aliphatic rings. The summed E-state index contributed by atoms with van der Waals surface area (Å²) in [7, 11) is 1.57. The van der Waals surface area contributed by atoms with Crippen LogP contribution in [-0.4, -0.2) is 32.1 Å². The number of ether oxygens (including phenoxy) is 2. The molecule has 2 N–H and O–H groups in total. The summed E-state index contributed by atoms with van der Waals surface area (Å²) >= 11 is 0. The van der Waals surface area contributed by atoms with E-state index in [1.807, 2.05) is 24.3 Å². The standard InChI is InChI=1S/C20H24N2O4/c1-14(2)15-4-6-16(7-5-15)21-19(23)12-26-13-20(24)22-17-8-10-18(25-3)11-9-17/h4-11,14H,12-13H2,1-3H3,(H,21,23)(H,22,24). The predicted molar refractivity (Wildman–Crippen MR) is 102 cm³/mol. The molecule has 0 bridgehead atoms. The molecule has 138 valence electrons. The molecule has 0 radical (unpaired) electrons. The van der Waals surface area contributed by atoms with Crippen molar-refractivity contribution in [2.75, 3.05) is 31.0 Å². The van der Waals surface area contributed by atoms with Crippen molar-refractivity contribution in [3.8, 4) is 5.75 Å². The molecule has 0 heterocycles. The Labute approximate surface area is 153 Å². The number of rotatable bonds is 8. The van der Waals surface area contributed by atoms with E-state index in [-0.39, 0.29) is 25.0 Å². The molecular formula is C20H24N2O4. The fourth-order valence-electron chi connectivity index (χ4n) is 2.26. The lowest BCUT2D eigenvalue weighted by molar-refractivity contribution is -0.125. The molecule has 2 amide bonds. The molecular weight excluding hydrogens is 332 g/mol. The van der Waals surface area contributed by atoms with Gasteiger partial charge in [0, 0.05) is 11.4 Å². The quantitative estimate of drug-likeness (QED) is 0.760. The summed E-state index contributed by atoms with van der Waals surface area (Å²) < 4.78 is 10.2. The summed E-state index contributed by atoms with van der Waals surface area (Å²) in [6.45, 7) is 3.82. The second-order valence-corrected chi connectivity index (χ2v) is 6.09. The minimum atomic E-state index is -0.329. The van der Waals surface area contributed by atoms with Gasteiger partial charge in [0.25, 0.3) is 0 Å². The number of amides is 2. The average molecular weight is 356 g/mol. The summed E-state index contributed by atoms with van der Waals surface area (Å²) in [6.07, 6.45) is 0. The maximum atomic E-state index is 11.9. The van der Waals surface area contributed by atoms with Crippen LogP contribution in [0, 0.1) is 0 Å². The van der Waals surface area contributed by atoms with Crippen molar-refractivity contribution < 1.29 is 19.1 Å². The van der Waals surface area contributed by atoms with Crippen molar-refractivity contribution in [3.63, 3.8) is 0 Å². The Bertz CT molecular complexity index is 724. The molecule has 2 aromatic carbocycles. The van der Waals surface area contributed by atoms with Crippen LogP contribution in [0.3, 0.4) is 0 Å². The lowest BCUT2D eigenvalue weighted by Crippen LogP contribution is -2.23. The molecule has 2 aromatic rings. The zero-order valence-corrected chi connectivity index (χ0v) is 15.2. The molecule has 26 heavy (non-hydrogen) atoms. The van der Waals surface area contributed by atoms with Crippen LogP contribution >= 0.6 is 0 Å². The van der Waals surface area contributed by atoms with E-state index in [0.717, 1.165) is 0 Å². The fourth-order valence-corrected chi connectivity index (χ4v) is 2.26. The number of carbonyl (C=O) groups is 2. The van der Waals surface area contributed by atoms with Gasteiger partial charge in [0.05, 0.1) is 7.11 Å². The predicted octanol–water partition coefficient (Wildman–Crippen LogP) is 3.41. The number of anilines is 2. The van der Waals surface area contributed by atoms with Gasteiger partial charge in [-0.15, -0.1) is 0 Å². The maximum Gasteiger partial charge on any atom is 0.250 e. The van der Waals surface area contributed by atoms with Gasteiger partial charge < -0.3 is 20.1 Å². The summed E-state index contributed by atoms with van der Waals surface area (Å²) in [5, 5.41) is 5.42. The van der Waals surface area contributed by atoms with E-state index in [1.165, 1.54) is 5.56 Å². The zero-order chi connectivity index (χ0) is 18.9. The van der Waals surface area contributed by atoms with E-state index in [4.69, 9.17) is 9.47 Å². The number of benzene rings is 2. The lowest BCUT2D eigenvalue weighted by Gasteiger charge is -2.09. The summed E-state index contributed by atoms with van der Waals surface area (Å²) in [5.41, 5.74) is 2.54. The third-order valence-electron chi connectivity index (χ3n) is 3.70. The van der Waals surface area contributed by atoms with Crippen LogP contribution in [0.1, 0.15) is 25.3 Å². The Kier molecular flexibility index (Phi) is 7.17. The van der Waals surface area contributed by atoms with Gasteiger partial charge in [-0.2, -0.15) is 0 Å². The summed E-state index contributed by atoms with van der Waals surface area (Å²) in [6, 6.07) is 14.6. The first-order valence-electron chi connectivity index (χ1n) is 8.39. The number of carbonyl (C=O) groups excluding carboxylic acids is 2. The van der Waals surface area contributed by atoms with Gasteiger partial charge in [-0.05, 0) is 47.9 Å². The van der Waals surface area contributed by atoms with Gasteiger partial charge >= 0.3 is 0 Å². The van der Waals surface area contributed by atoms with E-state index < -0.39 is 0 Å². The Hall–Kier alpha value is -2.86. The summed E-state index contributed by atoms with van der Waals surface area (Å²) in [5.74, 6) is 0.508. The molecule has 0 fully saturated rings. The third-order valence-corrected chi connectivity index (χ3v) is 3.70. The molecule has 0 aliphatic carbocycles. The van der Waals surface area contributed by atoms with Crippen molar-refractivity contribution in [2.24, 2.45) is 0 Å². The monoisotopic (exact) mass is 356 g/mol. The minimum Gasteiger partial charge on any atom is -0.497 e. The highest BCUT2D eigenvalue weighted by Gasteiger charge is 2.07. The van der Waals surface area contributed by atoms with Crippen LogP contribution in [0.25, 0.3) is 0 Å². The molecule has 0 aromatic heterocycles. The first kappa shape index (κ1) is 19.5. The van der Waals surface area contributed by atoms with Gasteiger partial charge in [0.15, 0.2) is 0 Å². The van der Waals surface area contributed by atoms with Crippen molar-refractivity contribution in [1.29, 1.82) is 0 Å². The second kappa shape index (κ2) is 9.58. The van der Waals surface area contributed by atoms with Gasteiger partial charge in [0.1, 0.15) is 19.0 Å². The van der Waals surface area contributed by atoms with E-state index in [9.17, 15) is 9.59 Å². The molecule has 0 saturated carbocycles. The van der Waals surface area contributed by atoms with Crippen LogP contribution in [-0.2, 0) is 14.3 Å². The van der Waals surface area contributed by atoms with Crippen molar-refractivity contribution in [2.45, 2.75) is 19.8 Å². The number of hydrogen-bond donors (Lipinski definition) is 2. The van der Waals surface area contributed by atoms with Crippen LogP contribution < -0.4 is 15.4 Å². The molecule has 6 heteroatoms. The molecule has 0 atom stereocenters. The van der Waals surface area contributed by atoms with Crippen LogP contribution in [0.2, 0.25) is 0 Å². The van der Waals surface area contributed by atoms with E-state index in [2.05, 4.69) is 24.5 Å². The van der Waals surface area contributed by atoms with E-state index in [0.29, 0.717) is 23.0 Å². The highest BCUT2D eigenvalue weighted by Crippen LogP contribution is 2.17. The zero-order valence-electron chi connectivity index (χ0n) is 15.2. The van der Waals surface area contributed by atoms with Gasteiger partial charge in [-0.1, -0.05) is 26.0 Å². The minimum absolute atomic E-state index is 0.192. The average Bonchev–Trinajstić information content (AvgIpc) is 2.62. The van der Waals surface area contributed by atoms with Gasteiger partial charge in [0.2, 0.25) is 11.8 Å². The molecule has 6 nitrogen and oxygen atoms in total. The third kappa shape index (κ3) is 6.22. The largest absolute Gasteiger partial charge is 0.497 e. The Morgan fingerprint density at radius 2 is 1.31 bits per heavy atom. The highest BCUT2D eigenvalue weighted by atomic mass is 16.5. The SMILES string of the molecule is COc1ccc(NC(=O)COCC(=O)Nc2ccc(C(C)C)cc2)cc1. The molecule has 0 saturated heterocycles. The maximum absolute atomic E-state index is 11.9. The number of nitrogens with one attached hydrogen (secondary N) is 2.